The lowest BCUT2D eigenvalue weighted by Gasteiger charge is -2.21. The monoisotopic (exact) mass is 218 g/mol. The van der Waals surface area contributed by atoms with E-state index in [9.17, 15) is 9.36 Å². The van der Waals surface area contributed by atoms with Crippen LogP contribution in [-0.4, -0.2) is 25.7 Å². The largest absolute Gasteiger partial charge is 0.332 e. The van der Waals surface area contributed by atoms with E-state index in [0.29, 0.717) is 0 Å². The van der Waals surface area contributed by atoms with Crippen molar-refractivity contribution in [1.29, 1.82) is 0 Å². The minimum absolute atomic E-state index is 0.119. The molecule has 1 saturated carbocycles. The number of carbonyl (C=O) groups excluding carboxylic acids is 1. The molecule has 3 nitrogen and oxygen atoms in total. The summed E-state index contributed by atoms with van der Waals surface area (Å²) < 4.78 is 16.4. The highest BCUT2D eigenvalue weighted by molar-refractivity contribution is 7.59. The number of hydrogen-bond acceptors (Lipinski definition) is 3. The highest BCUT2D eigenvalue weighted by atomic mass is 31.2. The van der Waals surface area contributed by atoms with Crippen molar-refractivity contribution in [2.75, 3.05) is 19.9 Å². The van der Waals surface area contributed by atoms with Crippen LogP contribution < -0.4 is 0 Å². The molecule has 0 radical (unpaired) electrons. The van der Waals surface area contributed by atoms with Gasteiger partial charge in [0.1, 0.15) is 5.78 Å². The summed E-state index contributed by atoms with van der Waals surface area (Å²) in [6.45, 7) is 1.54. The van der Waals surface area contributed by atoms with Crippen LogP contribution in [0.25, 0.3) is 0 Å². The van der Waals surface area contributed by atoms with Crippen LogP contribution in [0.5, 0.6) is 0 Å². The van der Waals surface area contributed by atoms with E-state index in [1.807, 2.05) is 0 Å². The molecule has 1 atom stereocenters. The molecule has 1 rings (SSSR count). The van der Waals surface area contributed by atoms with Gasteiger partial charge in [0, 0.05) is 19.7 Å². The van der Waals surface area contributed by atoms with Gasteiger partial charge < -0.3 is 4.52 Å². The Labute approximate surface area is 85.7 Å². The zero-order valence-electron chi connectivity index (χ0n) is 8.99. The van der Waals surface area contributed by atoms with E-state index in [0.717, 1.165) is 25.7 Å². The van der Waals surface area contributed by atoms with Gasteiger partial charge in [-0.15, -0.1) is 0 Å². The lowest BCUT2D eigenvalue weighted by atomic mass is 9.87. The topological polar surface area (TPSA) is 43.4 Å². The Morgan fingerprint density at radius 2 is 1.93 bits per heavy atom. The summed E-state index contributed by atoms with van der Waals surface area (Å²) in [4.78, 5) is 11.7. The third-order valence-electron chi connectivity index (χ3n) is 2.89. The van der Waals surface area contributed by atoms with E-state index in [1.165, 1.54) is 20.2 Å². The fourth-order valence-corrected chi connectivity index (χ4v) is 2.85. The molecule has 0 aliphatic heterocycles. The molecule has 1 unspecified atom stereocenters. The number of Topliss-reactive ketones (excluding diaryl/α,β-unsaturated/α-hetero) is 1. The Morgan fingerprint density at radius 3 is 2.43 bits per heavy atom. The molecule has 0 saturated heterocycles. The second kappa shape index (κ2) is 5.09. The molecular weight excluding hydrogens is 199 g/mol. The minimum Gasteiger partial charge on any atom is -0.332 e. The van der Waals surface area contributed by atoms with Crippen LogP contribution in [0.15, 0.2) is 0 Å². The zero-order valence-corrected chi connectivity index (χ0v) is 9.89. The number of hydrogen-bond donors (Lipinski definition) is 0. The lowest BCUT2D eigenvalue weighted by Crippen LogP contribution is -2.21. The van der Waals surface area contributed by atoms with Gasteiger partial charge in [-0.1, -0.05) is 19.3 Å². The summed E-state index contributed by atoms with van der Waals surface area (Å²) in [5.41, 5.74) is 0. The normalized spacial score (nSPS) is 23.0. The summed E-state index contributed by atoms with van der Waals surface area (Å²) in [7, 11) is -1.23. The first kappa shape index (κ1) is 11.9. The van der Waals surface area contributed by atoms with E-state index < -0.39 is 7.37 Å². The molecule has 0 N–H and O–H groups in total. The van der Waals surface area contributed by atoms with Gasteiger partial charge in [0.15, 0.2) is 0 Å². The van der Waals surface area contributed by atoms with E-state index in [-0.39, 0.29) is 17.9 Å². The second-order valence-electron chi connectivity index (χ2n) is 4.16. The molecule has 1 fully saturated rings. The van der Waals surface area contributed by atoms with Gasteiger partial charge in [-0.25, -0.2) is 0 Å². The van der Waals surface area contributed by atoms with Crippen molar-refractivity contribution in [3.05, 3.63) is 0 Å². The first-order valence-corrected chi connectivity index (χ1v) is 7.46. The van der Waals surface area contributed by atoms with Crippen LogP contribution in [0.1, 0.15) is 32.1 Å². The molecule has 0 aromatic carbocycles. The lowest BCUT2D eigenvalue weighted by molar-refractivity contribution is -0.121. The van der Waals surface area contributed by atoms with Crippen LogP contribution in [0.4, 0.5) is 0 Å². The molecule has 4 heteroatoms. The molecule has 0 aromatic rings. The number of carbonyl (C=O) groups is 1. The highest BCUT2D eigenvalue weighted by Crippen LogP contribution is 2.42. The van der Waals surface area contributed by atoms with E-state index in [2.05, 4.69) is 0 Å². The van der Waals surface area contributed by atoms with Gasteiger partial charge in [-0.05, 0) is 12.8 Å². The standard InChI is InChI=1S/C10H19O3P/c1-13-14(2,12)8-10(11)9-6-4-3-5-7-9/h9H,3-8H2,1-2H3. The summed E-state index contributed by atoms with van der Waals surface area (Å²) in [5.74, 6) is 0.282. The summed E-state index contributed by atoms with van der Waals surface area (Å²) in [6.07, 6.45) is 5.58. The van der Waals surface area contributed by atoms with E-state index in [1.54, 1.807) is 0 Å². The minimum atomic E-state index is -2.65. The molecular formula is C10H19O3P. The summed E-state index contributed by atoms with van der Waals surface area (Å²) in [5, 5.41) is 0. The van der Waals surface area contributed by atoms with Gasteiger partial charge in [0.2, 0.25) is 7.37 Å². The van der Waals surface area contributed by atoms with Crippen LogP contribution in [0.2, 0.25) is 0 Å². The van der Waals surface area contributed by atoms with Crippen molar-refractivity contribution >= 4 is 13.2 Å². The number of rotatable bonds is 4. The molecule has 0 aromatic heterocycles. The third kappa shape index (κ3) is 3.55. The van der Waals surface area contributed by atoms with E-state index in [4.69, 9.17) is 4.52 Å². The maximum absolute atomic E-state index is 11.7. The fourth-order valence-electron chi connectivity index (χ4n) is 1.90. The highest BCUT2D eigenvalue weighted by Gasteiger charge is 2.26. The van der Waals surface area contributed by atoms with Crippen molar-refractivity contribution < 1.29 is 13.9 Å². The molecule has 82 valence electrons. The fraction of sp³-hybridized carbons (Fsp3) is 0.900. The molecule has 0 spiro atoms. The Kier molecular flexibility index (Phi) is 4.33. The van der Waals surface area contributed by atoms with Crippen LogP contribution in [-0.2, 0) is 13.9 Å². The van der Waals surface area contributed by atoms with Crippen LogP contribution in [0, 0.1) is 5.92 Å². The van der Waals surface area contributed by atoms with Gasteiger partial charge in [-0.3, -0.25) is 9.36 Å². The molecule has 1 aliphatic rings. The van der Waals surface area contributed by atoms with Gasteiger partial charge in [0.25, 0.3) is 0 Å². The maximum Gasteiger partial charge on any atom is 0.207 e. The molecule has 1 aliphatic carbocycles. The van der Waals surface area contributed by atoms with Crippen molar-refractivity contribution in [2.24, 2.45) is 5.92 Å². The smallest absolute Gasteiger partial charge is 0.207 e. The first-order valence-electron chi connectivity index (χ1n) is 5.20. The Hall–Kier alpha value is -0.140. The molecule has 0 bridgehead atoms. The quantitative estimate of drug-likeness (QED) is 0.681. The van der Waals surface area contributed by atoms with Crippen molar-refractivity contribution in [3.8, 4) is 0 Å². The third-order valence-corrected chi connectivity index (χ3v) is 4.55. The van der Waals surface area contributed by atoms with Crippen molar-refractivity contribution in [2.45, 2.75) is 32.1 Å². The Bertz CT molecular complexity index is 244. The molecule has 14 heavy (non-hydrogen) atoms. The van der Waals surface area contributed by atoms with Crippen LogP contribution >= 0.6 is 7.37 Å². The van der Waals surface area contributed by atoms with Gasteiger partial charge >= 0.3 is 0 Å². The molecule has 0 amide bonds. The molecule has 0 heterocycles. The number of ketones is 1. The van der Waals surface area contributed by atoms with Gasteiger partial charge in [0.05, 0.1) is 6.16 Å². The van der Waals surface area contributed by atoms with E-state index >= 15 is 0 Å². The second-order valence-corrected chi connectivity index (χ2v) is 6.87. The zero-order chi connectivity index (χ0) is 10.6. The average molecular weight is 218 g/mol. The SMILES string of the molecule is COP(C)(=O)CC(=O)C1CCCCC1. The Balaban J connectivity index is 2.44. The summed E-state index contributed by atoms with van der Waals surface area (Å²) >= 11 is 0. The van der Waals surface area contributed by atoms with Crippen molar-refractivity contribution in [3.63, 3.8) is 0 Å². The maximum atomic E-state index is 11.7. The predicted molar refractivity (Wildman–Crippen MR) is 57.0 cm³/mol. The van der Waals surface area contributed by atoms with Crippen LogP contribution in [0.3, 0.4) is 0 Å². The Morgan fingerprint density at radius 1 is 1.36 bits per heavy atom. The predicted octanol–water partition coefficient (Wildman–Crippen LogP) is 2.69. The summed E-state index contributed by atoms with van der Waals surface area (Å²) in [6, 6.07) is 0. The van der Waals surface area contributed by atoms with Gasteiger partial charge in [-0.2, -0.15) is 0 Å². The van der Waals surface area contributed by atoms with Crippen molar-refractivity contribution in [1.82, 2.24) is 0 Å². The average Bonchev–Trinajstić information content (AvgIpc) is 2.19. The first-order chi connectivity index (χ1) is 6.55.